The van der Waals surface area contributed by atoms with Gasteiger partial charge in [0.1, 0.15) is 6.61 Å². The highest BCUT2D eigenvalue weighted by Gasteiger charge is 2.21. The van der Waals surface area contributed by atoms with E-state index in [1.54, 1.807) is 18.6 Å². The van der Waals surface area contributed by atoms with E-state index < -0.39 is 0 Å². The summed E-state index contributed by atoms with van der Waals surface area (Å²) in [5, 5.41) is 3.38. The number of hydrogen-bond acceptors (Lipinski definition) is 3. The summed E-state index contributed by atoms with van der Waals surface area (Å²) in [5.41, 5.74) is 0.877. The molecule has 1 N–H and O–H groups in total. The van der Waals surface area contributed by atoms with Gasteiger partial charge in [-0.25, -0.2) is 9.37 Å². The van der Waals surface area contributed by atoms with E-state index in [0.29, 0.717) is 31.5 Å². The van der Waals surface area contributed by atoms with Crippen LogP contribution in [0.3, 0.4) is 0 Å². The van der Waals surface area contributed by atoms with Gasteiger partial charge in [0.15, 0.2) is 11.6 Å². The van der Waals surface area contributed by atoms with Crippen LogP contribution in [-0.4, -0.2) is 22.2 Å². The normalized spacial score (nSPS) is 14.4. The van der Waals surface area contributed by atoms with Crippen LogP contribution in [0.1, 0.15) is 18.4 Å². The molecule has 0 spiro atoms. The van der Waals surface area contributed by atoms with Gasteiger partial charge in [-0.2, -0.15) is 0 Å². The van der Waals surface area contributed by atoms with Crippen molar-refractivity contribution < 1.29 is 9.13 Å². The molecule has 2 aromatic rings. The highest BCUT2D eigenvalue weighted by molar-refractivity contribution is 5.35. The lowest BCUT2D eigenvalue weighted by atomic mass is 10.2. The van der Waals surface area contributed by atoms with Crippen LogP contribution in [-0.2, 0) is 13.1 Å². The number of nitrogens with one attached hydrogen (secondary N) is 1. The Bertz CT molecular complexity index is 552. The Labute approximate surface area is 117 Å². The molecule has 1 saturated carbocycles. The maximum atomic E-state index is 13.9. The lowest BCUT2D eigenvalue weighted by molar-refractivity contribution is 0.280. The maximum absolute atomic E-state index is 13.9. The van der Waals surface area contributed by atoms with Crippen molar-refractivity contribution in [3.05, 3.63) is 48.3 Å². The SMILES string of the molecule is Fc1cccc(CNC2CC2)c1OCCn1ccnc1. The quantitative estimate of drug-likeness (QED) is 0.843. The third kappa shape index (κ3) is 3.36. The number of hydrogen-bond donors (Lipinski definition) is 1. The van der Waals surface area contributed by atoms with Crippen molar-refractivity contribution in [2.75, 3.05) is 6.61 Å². The highest BCUT2D eigenvalue weighted by Crippen LogP contribution is 2.25. The molecule has 0 atom stereocenters. The molecule has 0 radical (unpaired) electrons. The number of nitrogens with zero attached hydrogens (tertiary/aromatic N) is 2. The first-order chi connectivity index (χ1) is 9.83. The van der Waals surface area contributed by atoms with Crippen molar-refractivity contribution >= 4 is 0 Å². The Morgan fingerprint density at radius 2 is 2.30 bits per heavy atom. The predicted octanol–water partition coefficient (Wildman–Crippen LogP) is 2.35. The van der Waals surface area contributed by atoms with E-state index >= 15 is 0 Å². The first kappa shape index (κ1) is 13.1. The fraction of sp³-hybridized carbons (Fsp3) is 0.400. The van der Waals surface area contributed by atoms with E-state index in [-0.39, 0.29) is 5.82 Å². The molecule has 1 aliphatic rings. The van der Waals surface area contributed by atoms with Crippen LogP contribution in [0, 0.1) is 5.82 Å². The van der Waals surface area contributed by atoms with Crippen LogP contribution < -0.4 is 10.1 Å². The second-order valence-electron chi connectivity index (χ2n) is 5.03. The molecule has 0 amide bonds. The molecule has 0 bridgehead atoms. The summed E-state index contributed by atoms with van der Waals surface area (Å²) in [7, 11) is 0. The summed E-state index contributed by atoms with van der Waals surface area (Å²) in [6.07, 6.45) is 7.73. The van der Waals surface area contributed by atoms with E-state index in [2.05, 4.69) is 10.3 Å². The van der Waals surface area contributed by atoms with Crippen LogP contribution in [0.2, 0.25) is 0 Å². The molecule has 1 fully saturated rings. The standard InChI is InChI=1S/C15H18FN3O/c16-14-3-1-2-12(10-18-13-4-5-13)15(14)20-9-8-19-7-6-17-11-19/h1-3,6-7,11,13,18H,4-5,8-10H2. The Morgan fingerprint density at radius 3 is 3.05 bits per heavy atom. The van der Waals surface area contributed by atoms with Crippen LogP contribution in [0.25, 0.3) is 0 Å². The van der Waals surface area contributed by atoms with Crippen molar-refractivity contribution in [3.63, 3.8) is 0 Å². The summed E-state index contributed by atoms with van der Waals surface area (Å²) >= 11 is 0. The molecular weight excluding hydrogens is 257 g/mol. The molecule has 1 heterocycles. The number of para-hydroxylation sites is 1. The average Bonchev–Trinajstić information content (AvgIpc) is 3.14. The van der Waals surface area contributed by atoms with E-state index in [9.17, 15) is 4.39 Å². The average molecular weight is 275 g/mol. The van der Waals surface area contributed by atoms with Gasteiger partial charge in [0.25, 0.3) is 0 Å². The van der Waals surface area contributed by atoms with E-state index in [0.717, 1.165) is 5.56 Å². The third-order valence-corrected chi connectivity index (χ3v) is 3.36. The van der Waals surface area contributed by atoms with Crippen molar-refractivity contribution in [1.29, 1.82) is 0 Å². The van der Waals surface area contributed by atoms with E-state index in [1.807, 2.05) is 16.8 Å². The summed E-state index contributed by atoms with van der Waals surface area (Å²) in [6.45, 7) is 1.74. The minimum Gasteiger partial charge on any atom is -0.488 e. The third-order valence-electron chi connectivity index (χ3n) is 3.36. The lowest BCUT2D eigenvalue weighted by Gasteiger charge is -2.13. The van der Waals surface area contributed by atoms with Gasteiger partial charge in [0.2, 0.25) is 0 Å². The molecule has 1 aromatic heterocycles. The maximum Gasteiger partial charge on any atom is 0.165 e. The fourth-order valence-electron chi connectivity index (χ4n) is 2.07. The molecule has 1 aromatic carbocycles. The summed E-state index contributed by atoms with van der Waals surface area (Å²) < 4.78 is 21.4. The topological polar surface area (TPSA) is 39.1 Å². The second kappa shape index (κ2) is 6.05. The van der Waals surface area contributed by atoms with Gasteiger partial charge in [-0.3, -0.25) is 0 Å². The molecule has 4 nitrogen and oxygen atoms in total. The van der Waals surface area contributed by atoms with Gasteiger partial charge in [-0.15, -0.1) is 0 Å². The Morgan fingerprint density at radius 1 is 1.40 bits per heavy atom. The lowest BCUT2D eigenvalue weighted by Crippen LogP contribution is -2.17. The van der Waals surface area contributed by atoms with Crippen LogP contribution in [0.4, 0.5) is 4.39 Å². The largest absolute Gasteiger partial charge is 0.488 e. The zero-order valence-electron chi connectivity index (χ0n) is 11.3. The van der Waals surface area contributed by atoms with Gasteiger partial charge in [-0.1, -0.05) is 12.1 Å². The van der Waals surface area contributed by atoms with Crippen molar-refractivity contribution in [2.45, 2.75) is 32.0 Å². The molecule has 0 unspecified atom stereocenters. The van der Waals surface area contributed by atoms with Crippen LogP contribution in [0.5, 0.6) is 5.75 Å². The minimum atomic E-state index is -0.300. The Balaban J connectivity index is 1.60. The molecule has 1 aliphatic carbocycles. The van der Waals surface area contributed by atoms with Gasteiger partial charge in [-0.05, 0) is 18.9 Å². The molecule has 0 aliphatic heterocycles. The summed E-state index contributed by atoms with van der Waals surface area (Å²) in [6, 6.07) is 5.66. The first-order valence-electron chi connectivity index (χ1n) is 6.92. The minimum absolute atomic E-state index is 0.300. The number of ether oxygens (including phenoxy) is 1. The first-order valence-corrected chi connectivity index (χ1v) is 6.92. The number of imidazole rings is 1. The highest BCUT2D eigenvalue weighted by atomic mass is 19.1. The van der Waals surface area contributed by atoms with Crippen molar-refractivity contribution in [2.24, 2.45) is 0 Å². The number of aromatic nitrogens is 2. The molecule has 3 rings (SSSR count). The van der Waals surface area contributed by atoms with Gasteiger partial charge in [0, 0.05) is 30.5 Å². The van der Waals surface area contributed by atoms with E-state index in [1.165, 1.54) is 18.9 Å². The predicted molar refractivity (Wildman–Crippen MR) is 74.0 cm³/mol. The summed E-state index contributed by atoms with van der Waals surface area (Å²) in [4.78, 5) is 3.96. The molecule has 106 valence electrons. The van der Waals surface area contributed by atoms with Crippen LogP contribution in [0.15, 0.2) is 36.9 Å². The van der Waals surface area contributed by atoms with Crippen molar-refractivity contribution in [3.8, 4) is 5.75 Å². The number of rotatable bonds is 7. The Hall–Kier alpha value is -1.88. The smallest absolute Gasteiger partial charge is 0.165 e. The fourth-order valence-corrected chi connectivity index (χ4v) is 2.07. The zero-order chi connectivity index (χ0) is 13.8. The van der Waals surface area contributed by atoms with Crippen molar-refractivity contribution in [1.82, 2.24) is 14.9 Å². The molecule has 20 heavy (non-hydrogen) atoms. The number of benzene rings is 1. The second-order valence-corrected chi connectivity index (χ2v) is 5.03. The zero-order valence-corrected chi connectivity index (χ0v) is 11.3. The van der Waals surface area contributed by atoms with E-state index in [4.69, 9.17) is 4.74 Å². The van der Waals surface area contributed by atoms with Gasteiger partial charge >= 0.3 is 0 Å². The molecule has 5 heteroatoms. The number of halogens is 1. The summed E-state index contributed by atoms with van der Waals surface area (Å²) in [5.74, 6) is 0.0616. The van der Waals surface area contributed by atoms with Gasteiger partial charge in [0.05, 0.1) is 12.9 Å². The van der Waals surface area contributed by atoms with Crippen LogP contribution >= 0.6 is 0 Å². The Kier molecular flexibility index (Phi) is 3.97. The molecular formula is C15H18FN3O. The molecule has 0 saturated heterocycles. The van der Waals surface area contributed by atoms with Gasteiger partial charge < -0.3 is 14.6 Å². The monoisotopic (exact) mass is 275 g/mol.